The van der Waals surface area contributed by atoms with Crippen LogP contribution in [0.3, 0.4) is 0 Å². The highest BCUT2D eigenvalue weighted by Gasteiger charge is 2.30. The molecule has 10 heteroatoms. The third-order valence-corrected chi connectivity index (χ3v) is 5.81. The van der Waals surface area contributed by atoms with E-state index in [4.69, 9.17) is 22.1 Å². The predicted octanol–water partition coefficient (Wildman–Crippen LogP) is 4.74. The van der Waals surface area contributed by atoms with Crippen LogP contribution in [0.1, 0.15) is 43.6 Å². The van der Waals surface area contributed by atoms with Gasteiger partial charge in [-0.25, -0.2) is 9.37 Å². The van der Waals surface area contributed by atoms with E-state index < -0.39 is 11.9 Å². The molecule has 0 amide bonds. The van der Waals surface area contributed by atoms with E-state index in [0.717, 1.165) is 0 Å². The van der Waals surface area contributed by atoms with Crippen molar-refractivity contribution in [3.05, 3.63) is 64.3 Å². The molecule has 0 spiro atoms. The number of aromatic nitrogens is 5. The van der Waals surface area contributed by atoms with E-state index in [0.29, 0.717) is 51.5 Å². The van der Waals surface area contributed by atoms with Gasteiger partial charge in [0.15, 0.2) is 16.7 Å². The van der Waals surface area contributed by atoms with Gasteiger partial charge in [0.1, 0.15) is 18.5 Å². The van der Waals surface area contributed by atoms with Crippen LogP contribution in [0.2, 0.25) is 5.15 Å². The van der Waals surface area contributed by atoms with Crippen molar-refractivity contribution in [3.63, 3.8) is 0 Å². The summed E-state index contributed by atoms with van der Waals surface area (Å²) in [7, 11) is 1.75. The lowest BCUT2D eigenvalue weighted by molar-refractivity contribution is 0.221. The molecule has 1 aliphatic heterocycles. The van der Waals surface area contributed by atoms with Crippen LogP contribution in [-0.2, 0) is 20.2 Å². The van der Waals surface area contributed by atoms with E-state index in [1.54, 1.807) is 40.9 Å². The molecule has 8 nitrogen and oxygen atoms in total. The number of nitrogens with zero attached hydrogens (tertiary/aromatic N) is 5. The van der Waals surface area contributed by atoms with Crippen molar-refractivity contribution < 1.29 is 14.2 Å². The Hall–Kier alpha value is -3.43. The minimum Gasteiger partial charge on any atom is -0.485 e. The molecule has 4 aromatic rings. The number of hydrogen-bond donors (Lipinski definition) is 2. The topological polar surface area (TPSA) is 104 Å². The van der Waals surface area contributed by atoms with Gasteiger partial charge in [-0.05, 0) is 31.2 Å². The Morgan fingerprint density at radius 1 is 1.26 bits per heavy atom. The fourth-order valence-corrected chi connectivity index (χ4v) is 4.35. The lowest BCUT2D eigenvalue weighted by Gasteiger charge is -2.18. The van der Waals surface area contributed by atoms with Gasteiger partial charge < -0.3 is 15.6 Å². The Morgan fingerprint density at radius 3 is 2.76 bits per heavy atom. The molecule has 0 saturated heterocycles. The average Bonchev–Trinajstić information content (AvgIpc) is 3.38. The number of aliphatic hydroxyl groups is 1. The molecule has 0 fully saturated rings. The van der Waals surface area contributed by atoms with E-state index in [-0.39, 0.29) is 17.6 Å². The van der Waals surface area contributed by atoms with Gasteiger partial charge in [-0.1, -0.05) is 25.4 Å². The van der Waals surface area contributed by atoms with Crippen LogP contribution in [0.5, 0.6) is 5.75 Å². The molecule has 1 aromatic carbocycles. The van der Waals surface area contributed by atoms with Gasteiger partial charge >= 0.3 is 0 Å². The molecule has 5 rings (SSSR count). The van der Waals surface area contributed by atoms with Crippen molar-refractivity contribution in [1.82, 2.24) is 24.5 Å². The monoisotopic (exact) mass is 484 g/mol. The number of pyridine rings is 1. The third kappa shape index (κ3) is 4.01. The summed E-state index contributed by atoms with van der Waals surface area (Å²) < 4.78 is 23.4. The summed E-state index contributed by atoms with van der Waals surface area (Å²) in [5.74, 6) is 0.116. The molecule has 3 N–H and O–H groups in total. The maximum atomic E-state index is 14.1. The van der Waals surface area contributed by atoms with Crippen molar-refractivity contribution in [2.45, 2.75) is 40.0 Å². The zero-order chi connectivity index (χ0) is 24.6. The molecule has 34 heavy (non-hydrogen) atoms. The number of hydrogen-bond acceptors (Lipinski definition) is 6. The van der Waals surface area contributed by atoms with Gasteiger partial charge in [-0.3, -0.25) is 9.36 Å². The predicted molar refractivity (Wildman–Crippen MR) is 129 cm³/mol. The fourth-order valence-electron chi connectivity index (χ4n) is 4.06. The SMILES string of the molecule is CC.CCn1nc(Cl)c2c1-c1cnc(N)c(c1)OCc1cc(F)ccc1-c1nn(C)cc1C2O. The number of benzene rings is 1. The van der Waals surface area contributed by atoms with Gasteiger partial charge in [-0.2, -0.15) is 10.2 Å². The molecule has 4 heterocycles. The molecule has 1 aliphatic rings. The Balaban J connectivity index is 0.00000133. The van der Waals surface area contributed by atoms with Crippen molar-refractivity contribution in [2.75, 3.05) is 5.73 Å². The smallest absolute Gasteiger partial charge is 0.166 e. The first-order chi connectivity index (χ1) is 16.4. The molecular weight excluding hydrogens is 459 g/mol. The number of aryl methyl sites for hydroxylation is 2. The van der Waals surface area contributed by atoms with E-state index in [1.807, 2.05) is 20.8 Å². The largest absolute Gasteiger partial charge is 0.485 e. The number of ether oxygens (including phenoxy) is 1. The maximum Gasteiger partial charge on any atom is 0.166 e. The Morgan fingerprint density at radius 2 is 2.03 bits per heavy atom. The number of aliphatic hydroxyl groups excluding tert-OH is 1. The highest BCUT2D eigenvalue weighted by molar-refractivity contribution is 6.30. The normalized spacial score (nSPS) is 14.4. The van der Waals surface area contributed by atoms with Gasteiger partial charge in [0.05, 0.1) is 17.0 Å². The van der Waals surface area contributed by atoms with Crippen molar-refractivity contribution >= 4 is 17.4 Å². The van der Waals surface area contributed by atoms with Crippen LogP contribution in [-0.4, -0.2) is 29.7 Å². The number of nitrogens with two attached hydrogens (primary N) is 1. The lowest BCUT2D eigenvalue weighted by atomic mass is 9.95. The molecule has 1 unspecified atom stereocenters. The van der Waals surface area contributed by atoms with Gasteiger partial charge in [0, 0.05) is 48.2 Å². The maximum absolute atomic E-state index is 14.1. The van der Waals surface area contributed by atoms with Gasteiger partial charge in [-0.15, -0.1) is 0 Å². The second-order valence-electron chi connectivity index (χ2n) is 7.58. The fraction of sp³-hybridized carbons (Fsp3) is 0.292. The van der Waals surface area contributed by atoms with Crippen molar-refractivity contribution in [2.24, 2.45) is 7.05 Å². The lowest BCUT2D eigenvalue weighted by Crippen LogP contribution is -2.08. The zero-order valence-corrected chi connectivity index (χ0v) is 20.1. The summed E-state index contributed by atoms with van der Waals surface area (Å²) >= 11 is 6.52. The molecule has 2 bridgehead atoms. The Labute approximate surface area is 201 Å². The summed E-state index contributed by atoms with van der Waals surface area (Å²) in [5.41, 5.74) is 9.91. The summed E-state index contributed by atoms with van der Waals surface area (Å²) in [6.45, 7) is 6.48. The van der Waals surface area contributed by atoms with Crippen LogP contribution in [0.15, 0.2) is 36.7 Å². The Kier molecular flexibility index (Phi) is 6.58. The number of halogens is 2. The third-order valence-electron chi connectivity index (χ3n) is 5.53. The standard InChI is InChI=1S/C22H20ClFN6O2.C2H6/c1-3-30-19-11-7-16(22(25)26-8-11)32-10-12-6-13(24)4-5-14(12)18-15(9-29(2)27-18)20(31)17(19)21(23)28-30;1-2/h4-9,20,31H,3,10H2,1-2H3,(H2,25,26);1-2H3. The van der Waals surface area contributed by atoms with Gasteiger partial charge in [0.25, 0.3) is 0 Å². The van der Waals surface area contributed by atoms with Crippen LogP contribution in [0.4, 0.5) is 10.2 Å². The number of rotatable bonds is 1. The number of nitrogen functional groups attached to an aromatic ring is 1. The van der Waals surface area contributed by atoms with Crippen LogP contribution in [0.25, 0.3) is 22.5 Å². The zero-order valence-electron chi connectivity index (χ0n) is 19.4. The summed E-state index contributed by atoms with van der Waals surface area (Å²) in [4.78, 5) is 4.26. The number of fused-ring (bicyclic) bond motifs is 7. The average molecular weight is 485 g/mol. The van der Waals surface area contributed by atoms with Crippen LogP contribution in [0, 0.1) is 5.82 Å². The summed E-state index contributed by atoms with van der Waals surface area (Å²) in [6, 6.07) is 6.07. The van der Waals surface area contributed by atoms with Crippen molar-refractivity contribution in [1.29, 1.82) is 0 Å². The first kappa shape index (κ1) is 23.7. The van der Waals surface area contributed by atoms with Crippen LogP contribution >= 0.6 is 11.6 Å². The molecule has 1 atom stereocenters. The highest BCUT2D eigenvalue weighted by atomic mass is 35.5. The van der Waals surface area contributed by atoms with E-state index in [1.165, 1.54) is 12.1 Å². The summed E-state index contributed by atoms with van der Waals surface area (Å²) in [6.07, 6.45) is 2.16. The van der Waals surface area contributed by atoms with E-state index in [2.05, 4.69) is 15.2 Å². The highest BCUT2D eigenvalue weighted by Crippen LogP contribution is 2.42. The molecule has 0 saturated carbocycles. The number of anilines is 1. The molecular formula is C24H26ClFN6O2. The van der Waals surface area contributed by atoms with Gasteiger partial charge in [0.2, 0.25) is 0 Å². The van der Waals surface area contributed by atoms with Crippen molar-refractivity contribution in [3.8, 4) is 28.3 Å². The second-order valence-corrected chi connectivity index (χ2v) is 7.93. The summed E-state index contributed by atoms with van der Waals surface area (Å²) in [5, 5.41) is 20.6. The minimum absolute atomic E-state index is 0.0369. The molecule has 3 aromatic heterocycles. The van der Waals surface area contributed by atoms with Crippen LogP contribution < -0.4 is 10.5 Å². The first-order valence-electron chi connectivity index (χ1n) is 11.0. The first-order valence-corrected chi connectivity index (χ1v) is 11.4. The van der Waals surface area contributed by atoms with E-state index >= 15 is 0 Å². The quantitative estimate of drug-likeness (QED) is 0.404. The Bertz CT molecular complexity index is 1350. The van der Waals surface area contributed by atoms with E-state index in [9.17, 15) is 9.50 Å². The molecule has 0 radical (unpaired) electrons. The molecule has 0 aliphatic carbocycles. The molecule has 178 valence electrons. The minimum atomic E-state index is -1.14. The second kappa shape index (κ2) is 9.44.